The van der Waals surface area contributed by atoms with Crippen LogP contribution in [-0.2, 0) is 30.6 Å². The van der Waals surface area contributed by atoms with E-state index in [9.17, 15) is 19.5 Å². The van der Waals surface area contributed by atoms with Crippen molar-refractivity contribution >= 4 is 36.0 Å². The Kier molecular flexibility index (Phi) is 9.33. The van der Waals surface area contributed by atoms with Crippen LogP contribution in [0.1, 0.15) is 32.6 Å². The van der Waals surface area contributed by atoms with Gasteiger partial charge in [0.25, 0.3) is 10.7 Å². The summed E-state index contributed by atoms with van der Waals surface area (Å²) in [7, 11) is 0. The zero-order chi connectivity index (χ0) is 27.5. The maximum absolute atomic E-state index is 15.4. The molecule has 0 saturated carbocycles. The maximum Gasteiger partial charge on any atom is 0.330 e. The lowest BCUT2D eigenvalue weighted by Crippen LogP contribution is -2.42. The fourth-order valence-corrected chi connectivity index (χ4v) is 6.09. The number of hydrogen-bond donors (Lipinski definition) is 3. The first kappa shape index (κ1) is 29.4. The van der Waals surface area contributed by atoms with Crippen LogP contribution in [0.4, 0.5) is 4.39 Å². The Labute approximate surface area is 222 Å². The van der Waals surface area contributed by atoms with E-state index in [2.05, 4.69) is 5.09 Å². The molecule has 1 saturated heterocycles. The third kappa shape index (κ3) is 7.05. The molecule has 2 aromatic rings. The standard InChI is InChI=1S/C22H28ClFN3O8PS/c1-12(2)33-19(30)14(4)26-36(37,35-15-8-6-5-7-9-15)32-11-16-17(28)22(23,24)20(34-16)27-10-13(3)18(29)25-21(27)31/h5-10,12,14,16-17,20,28H,11H2,1-4H3,(H,26,37)(H,25,29,31)/t14-,16+,17+,20+,22+,36+/m0/s1. The molecule has 11 nitrogen and oxygen atoms in total. The minimum atomic E-state index is -3.52. The molecule has 1 fully saturated rings. The van der Waals surface area contributed by atoms with E-state index >= 15 is 4.39 Å². The van der Waals surface area contributed by atoms with Gasteiger partial charge in [0.2, 0.25) is 0 Å². The first-order chi connectivity index (χ1) is 17.2. The Morgan fingerprint density at radius 2 is 2.00 bits per heavy atom. The van der Waals surface area contributed by atoms with Crippen molar-refractivity contribution in [3.05, 3.63) is 62.9 Å². The molecule has 1 aliphatic rings. The third-order valence-electron chi connectivity index (χ3n) is 5.21. The molecule has 3 rings (SSSR count). The number of alkyl halides is 2. The summed E-state index contributed by atoms with van der Waals surface area (Å²) in [4.78, 5) is 38.3. The van der Waals surface area contributed by atoms with Gasteiger partial charge in [0.15, 0.2) is 6.23 Å². The number of aliphatic hydroxyl groups excluding tert-OH is 1. The van der Waals surface area contributed by atoms with E-state index in [1.54, 1.807) is 44.2 Å². The number of esters is 1. The van der Waals surface area contributed by atoms with Crippen LogP contribution in [0, 0.1) is 6.92 Å². The second kappa shape index (κ2) is 11.7. The number of hydrogen-bond acceptors (Lipinski definition) is 9. The van der Waals surface area contributed by atoms with E-state index < -0.39 is 60.1 Å². The molecule has 2 heterocycles. The Morgan fingerprint density at radius 1 is 1.35 bits per heavy atom. The molecule has 1 aromatic carbocycles. The Hall–Kier alpha value is -2.12. The highest BCUT2D eigenvalue weighted by atomic mass is 35.5. The van der Waals surface area contributed by atoms with Gasteiger partial charge in [-0.1, -0.05) is 29.8 Å². The summed E-state index contributed by atoms with van der Waals surface area (Å²) in [5.74, 6) is -0.265. The van der Waals surface area contributed by atoms with Gasteiger partial charge >= 0.3 is 18.3 Å². The van der Waals surface area contributed by atoms with Crippen LogP contribution in [0.3, 0.4) is 0 Å². The first-order valence-corrected chi connectivity index (χ1v) is 14.3. The predicted octanol–water partition coefficient (Wildman–Crippen LogP) is 2.26. The molecule has 15 heteroatoms. The highest BCUT2D eigenvalue weighted by molar-refractivity contribution is 8.09. The number of aliphatic hydroxyl groups is 1. The number of aryl methyl sites for hydroxylation is 1. The average molecular weight is 580 g/mol. The zero-order valence-corrected chi connectivity index (χ0v) is 22.9. The second-order valence-electron chi connectivity index (χ2n) is 8.66. The minimum Gasteiger partial charge on any atom is -0.462 e. The molecule has 1 aliphatic heterocycles. The lowest BCUT2D eigenvalue weighted by atomic mass is 10.1. The number of carbonyl (C=O) groups is 1. The molecular weight excluding hydrogens is 552 g/mol. The fraction of sp³-hybridized carbons (Fsp3) is 0.500. The number of rotatable bonds is 10. The number of ether oxygens (including phenoxy) is 2. The van der Waals surface area contributed by atoms with Gasteiger partial charge in [-0.25, -0.2) is 14.3 Å². The van der Waals surface area contributed by atoms with Crippen molar-refractivity contribution < 1.29 is 32.8 Å². The fourth-order valence-electron chi connectivity index (χ4n) is 3.37. The minimum absolute atomic E-state index is 0.100. The van der Waals surface area contributed by atoms with Gasteiger partial charge in [0.1, 0.15) is 24.0 Å². The van der Waals surface area contributed by atoms with Crippen molar-refractivity contribution in [2.24, 2.45) is 0 Å². The van der Waals surface area contributed by atoms with Gasteiger partial charge in [-0.2, -0.15) is 0 Å². The molecule has 37 heavy (non-hydrogen) atoms. The number of nitrogens with zero attached hydrogens (tertiary/aromatic N) is 1. The van der Waals surface area contributed by atoms with E-state index in [0.717, 1.165) is 10.8 Å². The van der Waals surface area contributed by atoms with Gasteiger partial charge in [-0.05, 0) is 51.6 Å². The quantitative estimate of drug-likeness (QED) is 0.218. The van der Waals surface area contributed by atoms with Crippen LogP contribution in [0.2, 0.25) is 0 Å². The molecule has 0 radical (unpaired) electrons. The summed E-state index contributed by atoms with van der Waals surface area (Å²) in [6.07, 6.45) is -4.44. The van der Waals surface area contributed by atoms with Crippen molar-refractivity contribution in [2.45, 2.75) is 63.4 Å². The smallest absolute Gasteiger partial charge is 0.330 e. The maximum atomic E-state index is 15.4. The van der Waals surface area contributed by atoms with Crippen LogP contribution in [0.5, 0.6) is 5.75 Å². The zero-order valence-electron chi connectivity index (χ0n) is 20.4. The van der Waals surface area contributed by atoms with Crippen molar-refractivity contribution in [1.29, 1.82) is 0 Å². The van der Waals surface area contributed by atoms with E-state index in [1.165, 1.54) is 13.8 Å². The number of nitrogens with one attached hydrogen (secondary N) is 2. The number of H-pyrrole nitrogens is 1. The molecule has 0 spiro atoms. The van der Waals surface area contributed by atoms with Crippen molar-refractivity contribution in [1.82, 2.24) is 14.6 Å². The van der Waals surface area contributed by atoms with Crippen molar-refractivity contribution in [3.63, 3.8) is 0 Å². The van der Waals surface area contributed by atoms with Crippen LogP contribution >= 0.6 is 18.2 Å². The number of aromatic amines is 1. The molecule has 1 aromatic heterocycles. The highest BCUT2D eigenvalue weighted by Gasteiger charge is 2.58. The van der Waals surface area contributed by atoms with Crippen molar-refractivity contribution in [2.75, 3.05) is 6.61 Å². The van der Waals surface area contributed by atoms with E-state index in [-0.39, 0.29) is 11.7 Å². The van der Waals surface area contributed by atoms with Crippen LogP contribution < -0.4 is 20.9 Å². The molecule has 0 unspecified atom stereocenters. The molecular formula is C22H28ClFN3O8PS. The molecule has 0 bridgehead atoms. The van der Waals surface area contributed by atoms with Gasteiger partial charge in [0.05, 0.1) is 12.7 Å². The lowest BCUT2D eigenvalue weighted by Gasteiger charge is -2.28. The number of benzene rings is 1. The van der Waals surface area contributed by atoms with E-state index in [4.69, 9.17) is 41.9 Å². The van der Waals surface area contributed by atoms with E-state index in [1.807, 2.05) is 4.98 Å². The molecule has 3 N–H and O–H groups in total. The van der Waals surface area contributed by atoms with Crippen LogP contribution in [0.25, 0.3) is 0 Å². The van der Waals surface area contributed by atoms with Crippen molar-refractivity contribution in [3.8, 4) is 5.75 Å². The van der Waals surface area contributed by atoms with Gasteiger partial charge in [-0.3, -0.25) is 19.1 Å². The topological polar surface area (TPSA) is 141 Å². The third-order valence-corrected chi connectivity index (χ3v) is 8.12. The summed E-state index contributed by atoms with van der Waals surface area (Å²) >= 11 is 11.5. The van der Waals surface area contributed by atoms with Gasteiger partial charge in [0, 0.05) is 11.8 Å². The molecule has 6 atom stereocenters. The second-order valence-corrected chi connectivity index (χ2v) is 12.4. The predicted molar refractivity (Wildman–Crippen MR) is 137 cm³/mol. The van der Waals surface area contributed by atoms with E-state index in [0.29, 0.717) is 5.75 Å². The number of halogens is 2. The normalized spacial score (nSPS) is 26.0. The summed E-state index contributed by atoms with van der Waals surface area (Å²) < 4.78 is 38.5. The monoisotopic (exact) mass is 579 g/mol. The Morgan fingerprint density at radius 3 is 2.62 bits per heavy atom. The van der Waals surface area contributed by atoms with Gasteiger partial charge in [-0.15, -0.1) is 0 Å². The first-order valence-electron chi connectivity index (χ1n) is 11.2. The largest absolute Gasteiger partial charge is 0.462 e. The number of carbonyl (C=O) groups excluding carboxylic acids is 1. The summed E-state index contributed by atoms with van der Waals surface area (Å²) in [5, 5.41) is 10.4. The number of para-hydroxylation sites is 1. The average Bonchev–Trinajstić information content (AvgIpc) is 3.03. The van der Waals surface area contributed by atoms with Gasteiger partial charge < -0.3 is 23.6 Å². The number of aromatic nitrogens is 2. The summed E-state index contributed by atoms with van der Waals surface area (Å²) in [6.45, 7) is 2.26. The summed E-state index contributed by atoms with van der Waals surface area (Å²) in [5.41, 5.74) is -1.54. The van der Waals surface area contributed by atoms with Crippen LogP contribution in [0.15, 0.2) is 46.1 Å². The molecule has 0 amide bonds. The molecule has 0 aliphatic carbocycles. The molecule has 204 valence electrons. The summed E-state index contributed by atoms with van der Waals surface area (Å²) in [6, 6.07) is 7.48. The Balaban J connectivity index is 1.82. The SMILES string of the molecule is Cc1cn([C@@H]2O[C@H](CO[P@](=S)(N[C@@H](C)C(=O)OC(C)C)Oc3ccccc3)[C@@H](O)[C@]2(F)Cl)c(=O)[nH]c1=O. The Bertz CT molecular complexity index is 1270. The highest BCUT2D eigenvalue weighted by Crippen LogP contribution is 2.48. The lowest BCUT2D eigenvalue weighted by molar-refractivity contribution is -0.149. The van der Waals surface area contributed by atoms with Crippen LogP contribution in [-0.4, -0.2) is 56.7 Å².